The third-order valence-electron chi connectivity index (χ3n) is 5.83. The van der Waals surface area contributed by atoms with Crippen LogP contribution in [0.3, 0.4) is 0 Å². The molecule has 1 N–H and O–H groups in total. The maximum absolute atomic E-state index is 12.7. The molecule has 0 spiro atoms. The number of hydrogen-bond donors (Lipinski definition) is 1. The van der Waals surface area contributed by atoms with Gasteiger partial charge in [-0.2, -0.15) is 0 Å². The number of benzene rings is 2. The van der Waals surface area contributed by atoms with Gasteiger partial charge in [-0.15, -0.1) is 0 Å². The molecule has 2 heterocycles. The van der Waals surface area contributed by atoms with Crippen LogP contribution >= 0.6 is 0 Å². The van der Waals surface area contributed by atoms with Gasteiger partial charge in [0.15, 0.2) is 0 Å². The highest BCUT2D eigenvalue weighted by atomic mass is 16.1. The normalized spacial score (nSPS) is 16.1. The van der Waals surface area contributed by atoms with E-state index < -0.39 is 0 Å². The Morgan fingerprint density at radius 3 is 2.07 bits per heavy atom. The standard InChI is InChI=1S/C23H30N4O/c1-17-4-6-19-20-7-5-18(2)15-22(20)27(21(19)14-17)16-23(28)24-8-9-26-12-10-25(3)11-13-26/h4-7,14-15H,8-13,16H2,1-3H3,(H,24,28). The van der Waals surface area contributed by atoms with Crippen molar-refractivity contribution in [3.8, 4) is 0 Å². The van der Waals surface area contributed by atoms with E-state index in [1.54, 1.807) is 0 Å². The fourth-order valence-corrected chi connectivity index (χ4v) is 4.11. The van der Waals surface area contributed by atoms with Crippen molar-refractivity contribution in [1.82, 2.24) is 19.7 Å². The van der Waals surface area contributed by atoms with E-state index >= 15 is 0 Å². The van der Waals surface area contributed by atoms with Crippen LogP contribution in [0, 0.1) is 13.8 Å². The minimum atomic E-state index is 0.0796. The number of hydrogen-bond acceptors (Lipinski definition) is 3. The Bertz CT molecular complexity index is 939. The van der Waals surface area contributed by atoms with E-state index in [0.29, 0.717) is 13.1 Å². The number of likely N-dealkylation sites (N-methyl/N-ethyl adjacent to an activating group) is 1. The molecule has 0 atom stereocenters. The van der Waals surface area contributed by atoms with Gasteiger partial charge in [0.25, 0.3) is 0 Å². The number of aryl methyl sites for hydroxylation is 2. The Hall–Kier alpha value is -2.37. The highest BCUT2D eigenvalue weighted by Gasteiger charge is 2.15. The first-order chi connectivity index (χ1) is 13.5. The lowest BCUT2D eigenvalue weighted by Crippen LogP contribution is -2.47. The average Bonchev–Trinajstić information content (AvgIpc) is 2.95. The molecule has 28 heavy (non-hydrogen) atoms. The lowest BCUT2D eigenvalue weighted by molar-refractivity contribution is -0.121. The van der Waals surface area contributed by atoms with Gasteiger partial charge >= 0.3 is 0 Å². The summed E-state index contributed by atoms with van der Waals surface area (Å²) in [5.74, 6) is 0.0796. The van der Waals surface area contributed by atoms with E-state index in [1.807, 2.05) is 0 Å². The first kappa shape index (κ1) is 19.0. The molecule has 0 aliphatic carbocycles. The van der Waals surface area contributed by atoms with Gasteiger partial charge in [-0.05, 0) is 44.2 Å². The quantitative estimate of drug-likeness (QED) is 0.742. The van der Waals surface area contributed by atoms with Crippen molar-refractivity contribution in [1.29, 1.82) is 0 Å². The van der Waals surface area contributed by atoms with E-state index in [1.165, 1.54) is 21.9 Å². The largest absolute Gasteiger partial charge is 0.353 e. The summed E-state index contributed by atoms with van der Waals surface area (Å²) in [7, 11) is 2.16. The molecule has 1 aromatic heterocycles. The highest BCUT2D eigenvalue weighted by molar-refractivity contribution is 6.09. The number of rotatable bonds is 5. The Morgan fingerprint density at radius 2 is 1.50 bits per heavy atom. The maximum atomic E-state index is 12.7. The number of amides is 1. The molecule has 3 aromatic rings. The van der Waals surface area contributed by atoms with Crippen LogP contribution in [0.2, 0.25) is 0 Å². The van der Waals surface area contributed by atoms with Crippen LogP contribution in [0.4, 0.5) is 0 Å². The molecule has 1 aliphatic rings. The SMILES string of the molecule is Cc1ccc2c3ccc(C)cc3n(CC(=O)NCCN3CCN(C)CC3)c2c1. The van der Waals surface area contributed by atoms with Gasteiger partial charge in [-0.25, -0.2) is 0 Å². The number of nitrogens with zero attached hydrogens (tertiary/aromatic N) is 3. The summed E-state index contributed by atoms with van der Waals surface area (Å²) in [5.41, 5.74) is 4.69. The summed E-state index contributed by atoms with van der Waals surface area (Å²) < 4.78 is 2.16. The number of aromatic nitrogens is 1. The van der Waals surface area contributed by atoms with Crippen LogP contribution in [0.1, 0.15) is 11.1 Å². The first-order valence-corrected chi connectivity index (χ1v) is 10.2. The molecular formula is C23H30N4O. The molecule has 1 aliphatic heterocycles. The second-order valence-electron chi connectivity index (χ2n) is 8.12. The predicted molar refractivity (Wildman–Crippen MR) is 116 cm³/mol. The summed E-state index contributed by atoms with van der Waals surface area (Å²) in [5, 5.41) is 5.55. The van der Waals surface area contributed by atoms with Gasteiger partial charge in [-0.3, -0.25) is 9.69 Å². The van der Waals surface area contributed by atoms with Crippen molar-refractivity contribution in [2.24, 2.45) is 0 Å². The van der Waals surface area contributed by atoms with Crippen LogP contribution in [-0.2, 0) is 11.3 Å². The molecule has 5 nitrogen and oxygen atoms in total. The zero-order valence-electron chi connectivity index (χ0n) is 17.2. The van der Waals surface area contributed by atoms with E-state index in [-0.39, 0.29) is 5.91 Å². The zero-order chi connectivity index (χ0) is 19.7. The first-order valence-electron chi connectivity index (χ1n) is 10.2. The van der Waals surface area contributed by atoms with Gasteiger partial charge in [0.2, 0.25) is 5.91 Å². The molecule has 1 saturated heterocycles. The van der Waals surface area contributed by atoms with Gasteiger partial charge in [-0.1, -0.05) is 24.3 Å². The molecule has 148 valence electrons. The summed E-state index contributed by atoms with van der Waals surface area (Å²) >= 11 is 0. The number of nitrogens with one attached hydrogen (secondary N) is 1. The van der Waals surface area contributed by atoms with E-state index in [9.17, 15) is 4.79 Å². The molecule has 0 saturated carbocycles. The second kappa shape index (κ2) is 7.94. The molecule has 2 aromatic carbocycles. The highest BCUT2D eigenvalue weighted by Crippen LogP contribution is 2.30. The fourth-order valence-electron chi connectivity index (χ4n) is 4.11. The van der Waals surface area contributed by atoms with Crippen molar-refractivity contribution in [3.05, 3.63) is 47.5 Å². The molecule has 0 unspecified atom stereocenters. The maximum Gasteiger partial charge on any atom is 0.240 e. The fraction of sp³-hybridized carbons (Fsp3) is 0.435. The Kier molecular flexibility index (Phi) is 5.38. The number of carbonyl (C=O) groups excluding carboxylic acids is 1. The third kappa shape index (κ3) is 3.91. The van der Waals surface area contributed by atoms with E-state index in [4.69, 9.17) is 0 Å². The van der Waals surface area contributed by atoms with Crippen molar-refractivity contribution < 1.29 is 4.79 Å². The van der Waals surface area contributed by atoms with Crippen LogP contribution in [0.5, 0.6) is 0 Å². The topological polar surface area (TPSA) is 40.5 Å². The van der Waals surface area contributed by atoms with E-state index in [2.05, 4.69) is 77.0 Å². The van der Waals surface area contributed by atoms with Crippen molar-refractivity contribution in [2.75, 3.05) is 46.3 Å². The average molecular weight is 379 g/mol. The van der Waals surface area contributed by atoms with Crippen LogP contribution in [0.25, 0.3) is 21.8 Å². The molecule has 1 fully saturated rings. The number of piperazine rings is 1. The van der Waals surface area contributed by atoms with Gasteiger partial charge in [0.05, 0.1) is 0 Å². The van der Waals surface area contributed by atoms with Crippen LogP contribution < -0.4 is 5.32 Å². The molecule has 5 heteroatoms. The molecule has 0 radical (unpaired) electrons. The summed E-state index contributed by atoms with van der Waals surface area (Å²) in [6.07, 6.45) is 0. The summed E-state index contributed by atoms with van der Waals surface area (Å²) in [6, 6.07) is 13.0. The van der Waals surface area contributed by atoms with Gasteiger partial charge < -0.3 is 14.8 Å². The van der Waals surface area contributed by atoms with E-state index in [0.717, 1.165) is 43.8 Å². The predicted octanol–water partition coefficient (Wildman–Crippen LogP) is 2.77. The monoisotopic (exact) mass is 378 g/mol. The van der Waals surface area contributed by atoms with Crippen molar-refractivity contribution in [2.45, 2.75) is 20.4 Å². The van der Waals surface area contributed by atoms with Crippen molar-refractivity contribution in [3.63, 3.8) is 0 Å². The molecular weight excluding hydrogens is 348 g/mol. The van der Waals surface area contributed by atoms with Crippen molar-refractivity contribution >= 4 is 27.7 Å². The Labute approximate surface area is 166 Å². The minimum absolute atomic E-state index is 0.0796. The van der Waals surface area contributed by atoms with Gasteiger partial charge in [0.1, 0.15) is 6.54 Å². The van der Waals surface area contributed by atoms with Crippen LogP contribution in [0.15, 0.2) is 36.4 Å². The summed E-state index contributed by atoms with van der Waals surface area (Å²) in [4.78, 5) is 17.5. The molecule has 0 bridgehead atoms. The number of fused-ring (bicyclic) bond motifs is 3. The second-order valence-corrected chi connectivity index (χ2v) is 8.12. The van der Waals surface area contributed by atoms with Crippen LogP contribution in [-0.4, -0.2) is 66.6 Å². The molecule has 1 amide bonds. The molecule has 4 rings (SSSR count). The Balaban J connectivity index is 1.49. The zero-order valence-corrected chi connectivity index (χ0v) is 17.2. The van der Waals surface area contributed by atoms with Gasteiger partial charge in [0, 0.05) is 61.1 Å². The smallest absolute Gasteiger partial charge is 0.240 e. The minimum Gasteiger partial charge on any atom is -0.353 e. The number of carbonyl (C=O) groups is 1. The summed E-state index contributed by atoms with van der Waals surface area (Å²) in [6.45, 7) is 10.6. The lowest BCUT2D eigenvalue weighted by Gasteiger charge is -2.32. The Morgan fingerprint density at radius 1 is 0.929 bits per heavy atom. The third-order valence-corrected chi connectivity index (χ3v) is 5.83. The lowest BCUT2D eigenvalue weighted by atomic mass is 10.1.